The molecule has 144 valence electrons. The van der Waals surface area contributed by atoms with Crippen LogP contribution < -0.4 is 0 Å². The molecule has 0 unspecified atom stereocenters. The lowest BCUT2D eigenvalue weighted by Gasteiger charge is -2.32. The van der Waals surface area contributed by atoms with Gasteiger partial charge in [0.2, 0.25) is 0 Å². The van der Waals surface area contributed by atoms with Crippen molar-refractivity contribution >= 4 is 15.7 Å². The van der Waals surface area contributed by atoms with Crippen LogP contribution in [0.2, 0.25) is 0 Å². The number of benzene rings is 2. The number of amides is 1. The number of nitrogens with zero attached hydrogens (tertiary/aromatic N) is 1. The lowest BCUT2D eigenvalue weighted by Crippen LogP contribution is -2.40. The molecular formula is C21H25NO4S. The molecule has 3 rings (SSSR count). The molecule has 0 spiro atoms. The zero-order valence-electron chi connectivity index (χ0n) is 15.5. The first-order chi connectivity index (χ1) is 12.9. The molecule has 0 saturated carbocycles. The molecule has 0 bridgehead atoms. The third-order valence-electron chi connectivity index (χ3n) is 4.66. The van der Waals surface area contributed by atoms with E-state index in [0.717, 1.165) is 18.4 Å². The molecule has 27 heavy (non-hydrogen) atoms. The molecule has 2 aromatic carbocycles. The van der Waals surface area contributed by atoms with Crippen molar-refractivity contribution in [2.45, 2.75) is 31.3 Å². The predicted molar refractivity (Wildman–Crippen MR) is 105 cm³/mol. The summed E-state index contributed by atoms with van der Waals surface area (Å²) in [5.41, 5.74) is 2.34. The number of likely N-dealkylation sites (tertiary alicyclic amines) is 1. The maximum absolute atomic E-state index is 12.7. The number of hydrogen-bond donors (Lipinski definition) is 0. The smallest absolute Gasteiger partial charge is 0.253 e. The van der Waals surface area contributed by atoms with Gasteiger partial charge in [-0.2, -0.15) is 0 Å². The van der Waals surface area contributed by atoms with Crippen LogP contribution in [0.15, 0.2) is 54.6 Å². The molecule has 1 aliphatic heterocycles. The summed E-state index contributed by atoms with van der Waals surface area (Å²) >= 11 is 0. The number of piperidine rings is 1. The topological polar surface area (TPSA) is 63.7 Å². The van der Waals surface area contributed by atoms with Crippen LogP contribution in [0.1, 0.15) is 34.3 Å². The van der Waals surface area contributed by atoms with Gasteiger partial charge < -0.3 is 9.64 Å². The Kier molecular flexibility index (Phi) is 6.29. The minimum atomic E-state index is -3.12. The van der Waals surface area contributed by atoms with Gasteiger partial charge in [0.15, 0.2) is 9.84 Å². The minimum absolute atomic E-state index is 0.0492. The van der Waals surface area contributed by atoms with Gasteiger partial charge in [-0.25, -0.2) is 8.42 Å². The number of carbonyl (C=O) groups is 1. The molecule has 5 nitrogen and oxygen atoms in total. The van der Waals surface area contributed by atoms with Crippen LogP contribution in [-0.2, 0) is 26.9 Å². The highest BCUT2D eigenvalue weighted by Crippen LogP contribution is 2.19. The Morgan fingerprint density at radius 1 is 1.04 bits per heavy atom. The van der Waals surface area contributed by atoms with E-state index in [4.69, 9.17) is 4.74 Å². The molecular weight excluding hydrogens is 362 g/mol. The monoisotopic (exact) mass is 387 g/mol. The Balaban J connectivity index is 1.53. The van der Waals surface area contributed by atoms with Crippen LogP contribution in [-0.4, -0.2) is 44.7 Å². The zero-order chi connectivity index (χ0) is 19.3. The van der Waals surface area contributed by atoms with E-state index in [2.05, 4.69) is 0 Å². The highest BCUT2D eigenvalue weighted by molar-refractivity contribution is 7.89. The van der Waals surface area contributed by atoms with Gasteiger partial charge in [-0.15, -0.1) is 0 Å². The molecule has 1 fully saturated rings. The van der Waals surface area contributed by atoms with E-state index < -0.39 is 9.84 Å². The summed E-state index contributed by atoms with van der Waals surface area (Å²) in [6.07, 6.45) is 2.97. The summed E-state index contributed by atoms with van der Waals surface area (Å²) < 4.78 is 28.9. The van der Waals surface area contributed by atoms with Crippen molar-refractivity contribution < 1.29 is 17.9 Å². The Hall–Kier alpha value is -2.18. The Labute approximate surface area is 160 Å². The largest absolute Gasteiger partial charge is 0.373 e. The predicted octanol–water partition coefficient (Wildman–Crippen LogP) is 3.05. The Morgan fingerprint density at radius 2 is 1.70 bits per heavy atom. The zero-order valence-corrected chi connectivity index (χ0v) is 16.3. The van der Waals surface area contributed by atoms with E-state index in [1.165, 1.54) is 6.26 Å². The first-order valence-electron chi connectivity index (χ1n) is 9.12. The maximum atomic E-state index is 12.7. The molecule has 0 radical (unpaired) electrons. The summed E-state index contributed by atoms with van der Waals surface area (Å²) in [4.78, 5) is 14.6. The summed E-state index contributed by atoms with van der Waals surface area (Å²) in [6.45, 7) is 1.89. The first-order valence-corrected chi connectivity index (χ1v) is 11.2. The number of sulfone groups is 1. The van der Waals surface area contributed by atoms with Gasteiger partial charge in [0.1, 0.15) is 0 Å². The molecule has 0 N–H and O–H groups in total. The van der Waals surface area contributed by atoms with Crippen molar-refractivity contribution in [3.05, 3.63) is 71.3 Å². The average molecular weight is 388 g/mol. The molecule has 0 aliphatic carbocycles. The van der Waals surface area contributed by atoms with E-state index in [-0.39, 0.29) is 17.8 Å². The Morgan fingerprint density at radius 3 is 2.37 bits per heavy atom. The average Bonchev–Trinajstić information content (AvgIpc) is 2.66. The van der Waals surface area contributed by atoms with Crippen LogP contribution >= 0.6 is 0 Å². The second-order valence-electron chi connectivity index (χ2n) is 7.06. The van der Waals surface area contributed by atoms with Crippen LogP contribution in [0.25, 0.3) is 0 Å². The van der Waals surface area contributed by atoms with Gasteiger partial charge in [-0.05, 0) is 36.1 Å². The minimum Gasteiger partial charge on any atom is -0.373 e. The van der Waals surface area contributed by atoms with Gasteiger partial charge in [-0.1, -0.05) is 42.5 Å². The molecule has 6 heteroatoms. The number of ether oxygens (including phenoxy) is 1. The van der Waals surface area contributed by atoms with E-state index in [0.29, 0.717) is 30.8 Å². The molecule has 1 amide bonds. The number of hydrogen-bond acceptors (Lipinski definition) is 4. The Bertz CT molecular complexity index is 872. The van der Waals surface area contributed by atoms with E-state index in [1.807, 2.05) is 35.2 Å². The standard InChI is InChI=1S/C21H25NO4S/c1-27(24,25)16-18-8-5-9-19(14-18)21(23)22-12-10-20(11-13-22)26-15-17-6-3-2-4-7-17/h2-9,14,20H,10-13,15-16H2,1H3. The van der Waals surface area contributed by atoms with E-state index in [1.54, 1.807) is 24.3 Å². The number of carbonyl (C=O) groups excluding carboxylic acids is 1. The van der Waals surface area contributed by atoms with Crippen molar-refractivity contribution in [3.8, 4) is 0 Å². The molecule has 0 atom stereocenters. The lowest BCUT2D eigenvalue weighted by atomic mass is 10.1. The van der Waals surface area contributed by atoms with Crippen molar-refractivity contribution in [1.82, 2.24) is 4.90 Å². The molecule has 0 aromatic heterocycles. The summed E-state index contributed by atoms with van der Waals surface area (Å²) in [5.74, 6) is -0.101. The second kappa shape index (κ2) is 8.67. The van der Waals surface area contributed by atoms with Crippen LogP contribution in [0.3, 0.4) is 0 Å². The van der Waals surface area contributed by atoms with Crippen molar-refractivity contribution in [2.75, 3.05) is 19.3 Å². The molecule has 1 saturated heterocycles. The fraction of sp³-hybridized carbons (Fsp3) is 0.381. The van der Waals surface area contributed by atoms with Crippen LogP contribution in [0.5, 0.6) is 0 Å². The third kappa shape index (κ3) is 5.91. The van der Waals surface area contributed by atoms with Crippen molar-refractivity contribution in [1.29, 1.82) is 0 Å². The normalized spacial score (nSPS) is 15.7. The molecule has 2 aromatic rings. The molecule has 1 heterocycles. The van der Waals surface area contributed by atoms with Crippen LogP contribution in [0, 0.1) is 0 Å². The van der Waals surface area contributed by atoms with Gasteiger partial charge in [0.25, 0.3) is 5.91 Å². The van der Waals surface area contributed by atoms with Gasteiger partial charge in [0, 0.05) is 24.9 Å². The van der Waals surface area contributed by atoms with E-state index in [9.17, 15) is 13.2 Å². The summed E-state index contributed by atoms with van der Waals surface area (Å²) in [6, 6.07) is 17.0. The fourth-order valence-electron chi connectivity index (χ4n) is 3.29. The van der Waals surface area contributed by atoms with Gasteiger partial charge in [-0.3, -0.25) is 4.79 Å². The SMILES string of the molecule is CS(=O)(=O)Cc1cccc(C(=O)N2CCC(OCc3ccccc3)CC2)c1. The van der Waals surface area contributed by atoms with Crippen LogP contribution in [0.4, 0.5) is 0 Å². The summed E-state index contributed by atoms with van der Waals surface area (Å²) in [5, 5.41) is 0. The van der Waals surface area contributed by atoms with E-state index >= 15 is 0 Å². The highest BCUT2D eigenvalue weighted by atomic mass is 32.2. The fourth-order valence-corrected chi connectivity index (χ4v) is 4.08. The quantitative estimate of drug-likeness (QED) is 0.764. The highest BCUT2D eigenvalue weighted by Gasteiger charge is 2.24. The number of rotatable bonds is 6. The van der Waals surface area contributed by atoms with Crippen molar-refractivity contribution in [3.63, 3.8) is 0 Å². The third-order valence-corrected chi connectivity index (χ3v) is 5.52. The lowest BCUT2D eigenvalue weighted by molar-refractivity contribution is -0.000383. The van der Waals surface area contributed by atoms with Gasteiger partial charge >= 0.3 is 0 Å². The summed E-state index contributed by atoms with van der Waals surface area (Å²) in [7, 11) is -3.12. The molecule has 1 aliphatic rings. The van der Waals surface area contributed by atoms with Gasteiger partial charge in [0.05, 0.1) is 18.5 Å². The van der Waals surface area contributed by atoms with Crippen molar-refractivity contribution in [2.24, 2.45) is 0 Å². The second-order valence-corrected chi connectivity index (χ2v) is 9.20. The first kappa shape index (κ1) is 19.6. The maximum Gasteiger partial charge on any atom is 0.253 e.